The van der Waals surface area contributed by atoms with Crippen molar-refractivity contribution in [3.63, 3.8) is 0 Å². The van der Waals surface area contributed by atoms with E-state index in [1.807, 2.05) is 53.2 Å². The number of hydrogen-bond donors (Lipinski definition) is 0. The molecule has 0 fully saturated rings. The maximum atomic E-state index is 9.67. The minimum absolute atomic E-state index is 0.262. The average Bonchev–Trinajstić information content (AvgIpc) is 3.24. The van der Waals surface area contributed by atoms with Crippen molar-refractivity contribution in [1.82, 2.24) is 9.55 Å². The van der Waals surface area contributed by atoms with E-state index in [0.717, 1.165) is 16.7 Å². The van der Waals surface area contributed by atoms with Gasteiger partial charge < -0.3 is 9.30 Å². The third-order valence-corrected chi connectivity index (χ3v) is 5.41. The number of imidazole rings is 1. The van der Waals surface area contributed by atoms with Gasteiger partial charge in [-0.3, -0.25) is 0 Å². The summed E-state index contributed by atoms with van der Waals surface area (Å²) in [7, 11) is 0. The van der Waals surface area contributed by atoms with E-state index in [1.54, 1.807) is 12.5 Å². The van der Waals surface area contributed by atoms with Gasteiger partial charge in [-0.25, -0.2) is 4.98 Å². The van der Waals surface area contributed by atoms with Crippen LogP contribution >= 0.6 is 11.6 Å². The van der Waals surface area contributed by atoms with Crippen LogP contribution in [0.5, 0.6) is 0 Å². The number of aromatic nitrogens is 2. The van der Waals surface area contributed by atoms with Crippen molar-refractivity contribution >= 4 is 17.7 Å². The molecule has 2 unspecified atom stereocenters. The largest absolute Gasteiger partial charge is 0.367 e. The van der Waals surface area contributed by atoms with Gasteiger partial charge in [-0.05, 0) is 22.8 Å². The van der Waals surface area contributed by atoms with Gasteiger partial charge in [-0.1, -0.05) is 66.2 Å². The van der Waals surface area contributed by atoms with Gasteiger partial charge in [0.2, 0.25) is 0 Å². The van der Waals surface area contributed by atoms with E-state index in [0.29, 0.717) is 11.6 Å². The number of benzene rings is 2. The minimum Gasteiger partial charge on any atom is -0.367 e. The summed E-state index contributed by atoms with van der Waals surface area (Å²) < 4.78 is 8.31. The summed E-state index contributed by atoms with van der Waals surface area (Å²) in [5.74, 6) is 0. The van der Waals surface area contributed by atoms with Crippen LogP contribution in [0.1, 0.15) is 23.1 Å². The summed E-state index contributed by atoms with van der Waals surface area (Å²) >= 11 is 6.29. The van der Waals surface area contributed by atoms with E-state index in [9.17, 15) is 5.26 Å². The molecular weight excluding hydrogens is 358 g/mol. The Hall–Kier alpha value is -2.87. The molecule has 4 nitrogen and oxygen atoms in total. The zero-order valence-electron chi connectivity index (χ0n) is 14.6. The Kier molecular flexibility index (Phi) is 4.81. The number of rotatable bonds is 5. The first kappa shape index (κ1) is 17.5. The topological polar surface area (TPSA) is 50.8 Å². The molecule has 27 heavy (non-hydrogen) atoms. The van der Waals surface area contributed by atoms with Crippen LogP contribution in [0.4, 0.5) is 0 Å². The van der Waals surface area contributed by atoms with E-state index < -0.39 is 5.54 Å². The van der Waals surface area contributed by atoms with Gasteiger partial charge in [-0.15, -0.1) is 0 Å². The Morgan fingerprint density at radius 2 is 2.00 bits per heavy atom. The second-order valence-corrected chi connectivity index (χ2v) is 6.91. The molecule has 2 atom stereocenters. The van der Waals surface area contributed by atoms with Crippen molar-refractivity contribution in [2.75, 3.05) is 0 Å². The maximum absolute atomic E-state index is 9.67. The number of ether oxygens (including phenoxy) is 1. The van der Waals surface area contributed by atoms with E-state index in [2.05, 4.69) is 29.3 Å². The fraction of sp³-hybridized carbons (Fsp3) is 0.182. The van der Waals surface area contributed by atoms with Gasteiger partial charge in [0.05, 0.1) is 25.4 Å². The molecule has 2 aromatic carbocycles. The fourth-order valence-electron chi connectivity index (χ4n) is 3.72. The molecule has 0 aliphatic heterocycles. The summed E-state index contributed by atoms with van der Waals surface area (Å²) in [6.07, 6.45) is 9.37. The van der Waals surface area contributed by atoms with Crippen molar-refractivity contribution in [3.05, 3.63) is 95.0 Å². The van der Waals surface area contributed by atoms with E-state index in [1.165, 1.54) is 0 Å². The summed E-state index contributed by atoms with van der Waals surface area (Å²) in [6.45, 7) is 0.360. The predicted octanol–water partition coefficient (Wildman–Crippen LogP) is 4.81. The van der Waals surface area contributed by atoms with Gasteiger partial charge >= 0.3 is 0 Å². The van der Waals surface area contributed by atoms with Crippen LogP contribution in [-0.4, -0.2) is 15.7 Å². The molecule has 4 rings (SSSR count). The minimum atomic E-state index is -0.683. The molecule has 0 saturated heterocycles. The van der Waals surface area contributed by atoms with Crippen molar-refractivity contribution in [2.45, 2.75) is 24.7 Å². The third-order valence-electron chi connectivity index (χ3n) is 5.04. The van der Waals surface area contributed by atoms with Gasteiger partial charge in [0.25, 0.3) is 0 Å². The lowest BCUT2D eigenvalue weighted by Gasteiger charge is -2.42. The van der Waals surface area contributed by atoms with Gasteiger partial charge in [0, 0.05) is 17.4 Å². The standard InChI is InChI=1S/C22H18ClN3O/c23-20-8-4-2-6-18(20)15-27-21-10-9-17-5-1-3-7-19(17)22(21,11-12-24)26-14-13-25-16-26/h1-10,13-14,16,21H,11,15H2. The maximum Gasteiger partial charge on any atom is 0.114 e. The van der Waals surface area contributed by atoms with E-state index in [4.69, 9.17) is 16.3 Å². The first-order valence-electron chi connectivity index (χ1n) is 8.74. The summed E-state index contributed by atoms with van der Waals surface area (Å²) in [5, 5.41) is 10.3. The molecule has 134 valence electrons. The predicted molar refractivity (Wildman–Crippen MR) is 105 cm³/mol. The molecule has 1 aliphatic rings. The SMILES string of the molecule is N#CCC1(n2ccnc2)c2ccccc2C=CC1OCc1ccccc1Cl. The number of halogens is 1. The van der Waals surface area contributed by atoms with Crippen molar-refractivity contribution in [1.29, 1.82) is 5.26 Å². The van der Waals surface area contributed by atoms with Crippen molar-refractivity contribution in [3.8, 4) is 6.07 Å². The third kappa shape index (κ3) is 3.06. The van der Waals surface area contributed by atoms with Crippen LogP contribution in [0, 0.1) is 11.3 Å². The lowest BCUT2D eigenvalue weighted by atomic mass is 9.75. The lowest BCUT2D eigenvalue weighted by molar-refractivity contribution is 0.00420. The first-order valence-corrected chi connectivity index (χ1v) is 9.11. The molecule has 0 spiro atoms. The smallest absolute Gasteiger partial charge is 0.114 e. The Bertz CT molecular complexity index is 1010. The lowest BCUT2D eigenvalue weighted by Crippen LogP contribution is -2.47. The zero-order chi connectivity index (χ0) is 18.7. The Labute approximate surface area is 163 Å². The Morgan fingerprint density at radius 3 is 2.78 bits per heavy atom. The van der Waals surface area contributed by atoms with Crippen molar-refractivity contribution < 1.29 is 4.74 Å². The van der Waals surface area contributed by atoms with Crippen LogP contribution in [0.25, 0.3) is 6.08 Å². The Balaban J connectivity index is 1.78. The molecule has 3 aromatic rings. The molecule has 0 bridgehead atoms. The van der Waals surface area contributed by atoms with Crippen molar-refractivity contribution in [2.24, 2.45) is 0 Å². The monoisotopic (exact) mass is 375 g/mol. The number of hydrogen-bond acceptors (Lipinski definition) is 3. The average molecular weight is 376 g/mol. The number of nitriles is 1. The fourth-order valence-corrected chi connectivity index (χ4v) is 3.91. The van der Waals surface area contributed by atoms with Crippen LogP contribution in [-0.2, 0) is 16.9 Å². The number of nitrogens with zero attached hydrogens (tertiary/aromatic N) is 3. The van der Waals surface area contributed by atoms with E-state index in [-0.39, 0.29) is 12.5 Å². The molecule has 1 aliphatic carbocycles. The molecular formula is C22H18ClN3O. The highest BCUT2D eigenvalue weighted by Crippen LogP contribution is 2.41. The number of fused-ring (bicyclic) bond motifs is 1. The molecule has 0 amide bonds. The summed E-state index contributed by atoms with van der Waals surface area (Å²) in [6, 6.07) is 18.1. The molecule has 5 heteroatoms. The molecule has 1 heterocycles. The molecule has 0 saturated carbocycles. The second-order valence-electron chi connectivity index (χ2n) is 6.50. The Morgan fingerprint density at radius 1 is 1.19 bits per heavy atom. The second kappa shape index (κ2) is 7.40. The molecule has 1 aromatic heterocycles. The van der Waals surface area contributed by atoms with Crippen LogP contribution in [0.15, 0.2) is 73.3 Å². The van der Waals surface area contributed by atoms with E-state index >= 15 is 0 Å². The van der Waals surface area contributed by atoms with Crippen LogP contribution in [0.2, 0.25) is 5.02 Å². The molecule has 0 N–H and O–H groups in total. The normalized spacial score (nSPS) is 20.8. The highest BCUT2D eigenvalue weighted by molar-refractivity contribution is 6.31. The summed E-state index contributed by atoms with van der Waals surface area (Å²) in [5.41, 5.74) is 2.37. The zero-order valence-corrected chi connectivity index (χ0v) is 15.4. The summed E-state index contributed by atoms with van der Waals surface area (Å²) in [4.78, 5) is 4.22. The van der Waals surface area contributed by atoms with Crippen LogP contribution in [0.3, 0.4) is 0 Å². The highest BCUT2D eigenvalue weighted by atomic mass is 35.5. The quantitative estimate of drug-likeness (QED) is 0.643. The van der Waals surface area contributed by atoms with Crippen LogP contribution < -0.4 is 0 Å². The van der Waals surface area contributed by atoms with Gasteiger partial charge in [-0.2, -0.15) is 5.26 Å². The van der Waals surface area contributed by atoms with Gasteiger partial charge in [0.1, 0.15) is 11.6 Å². The molecule has 0 radical (unpaired) electrons. The van der Waals surface area contributed by atoms with Gasteiger partial charge in [0.15, 0.2) is 0 Å². The first-order chi connectivity index (χ1) is 13.3. The highest BCUT2D eigenvalue weighted by Gasteiger charge is 2.44.